The molecule has 4 rings (SSSR count). The minimum atomic E-state index is -0.925. The van der Waals surface area contributed by atoms with E-state index in [-0.39, 0.29) is 68.1 Å². The third kappa shape index (κ3) is 5.14. The number of ether oxygens (including phenoxy) is 5. The van der Waals surface area contributed by atoms with Crippen molar-refractivity contribution >= 4 is 5.78 Å². The van der Waals surface area contributed by atoms with Gasteiger partial charge < -0.3 is 44.1 Å². The second kappa shape index (κ2) is 10.5. The van der Waals surface area contributed by atoms with Gasteiger partial charge in [-0.25, -0.2) is 0 Å². The predicted molar refractivity (Wildman–Crippen MR) is 113 cm³/mol. The lowest BCUT2D eigenvalue weighted by Crippen LogP contribution is -2.61. The minimum Gasteiger partial charge on any atom is -0.394 e. The molecule has 4 N–H and O–H groups in total. The number of hydrogen-bond donors (Lipinski definition) is 4. The van der Waals surface area contributed by atoms with Crippen molar-refractivity contribution in [2.45, 2.75) is 119 Å². The molecule has 0 aromatic rings. The monoisotopic (exact) mass is 474 g/mol. The second-order valence-electron chi connectivity index (χ2n) is 9.99. The largest absolute Gasteiger partial charge is 0.394 e. The van der Waals surface area contributed by atoms with Gasteiger partial charge in [-0.15, -0.1) is 0 Å². The molecule has 13 atom stereocenters. The van der Waals surface area contributed by atoms with E-state index in [9.17, 15) is 20.1 Å². The smallest absolute Gasteiger partial charge is 0.135 e. The van der Waals surface area contributed by atoms with Gasteiger partial charge in [0.1, 0.15) is 36.3 Å². The molecule has 0 spiro atoms. The highest BCUT2D eigenvalue weighted by Gasteiger charge is 2.56. The van der Waals surface area contributed by atoms with Gasteiger partial charge in [-0.1, -0.05) is 0 Å². The quantitative estimate of drug-likeness (QED) is 0.357. The Labute approximate surface area is 194 Å². The fourth-order valence-corrected chi connectivity index (χ4v) is 5.92. The lowest BCUT2D eigenvalue weighted by Gasteiger charge is -2.46. The molecule has 0 unspecified atom stereocenters. The first-order chi connectivity index (χ1) is 15.7. The summed E-state index contributed by atoms with van der Waals surface area (Å²) >= 11 is 0. The van der Waals surface area contributed by atoms with Crippen molar-refractivity contribution in [3.8, 4) is 0 Å². The molecule has 10 heteroatoms. The van der Waals surface area contributed by atoms with E-state index in [2.05, 4.69) is 0 Å². The summed E-state index contributed by atoms with van der Waals surface area (Å²) in [4.78, 5) is 12.9. The van der Waals surface area contributed by atoms with E-state index in [4.69, 9.17) is 28.8 Å². The molecule has 4 saturated heterocycles. The summed E-state index contributed by atoms with van der Waals surface area (Å²) < 4.78 is 29.3. The summed E-state index contributed by atoms with van der Waals surface area (Å²) in [6.45, 7) is 3.29. The van der Waals surface area contributed by atoms with E-state index < -0.39 is 42.7 Å². The van der Waals surface area contributed by atoms with E-state index in [0.717, 1.165) is 0 Å². The zero-order valence-electron chi connectivity index (χ0n) is 19.5. The maximum atomic E-state index is 12.9. The average molecular weight is 475 g/mol. The van der Waals surface area contributed by atoms with Crippen LogP contribution in [0.1, 0.15) is 46.0 Å². The highest BCUT2D eigenvalue weighted by Crippen LogP contribution is 2.40. The number of carbonyl (C=O) groups excluding carboxylic acids is 1. The van der Waals surface area contributed by atoms with Gasteiger partial charge in [0.25, 0.3) is 0 Å². The van der Waals surface area contributed by atoms with Crippen LogP contribution in [0.15, 0.2) is 0 Å². The molecule has 10 nitrogen and oxygen atoms in total. The Bertz CT molecular complexity index is 676. The molecular weight excluding hydrogens is 436 g/mol. The molecule has 4 fully saturated rings. The predicted octanol–water partition coefficient (Wildman–Crippen LogP) is -0.678. The Morgan fingerprint density at radius 1 is 0.970 bits per heavy atom. The number of carbonyl (C=O) groups is 1. The molecule has 0 aromatic carbocycles. The van der Waals surface area contributed by atoms with E-state index in [1.54, 1.807) is 14.0 Å². The van der Waals surface area contributed by atoms with Crippen molar-refractivity contribution in [3.05, 3.63) is 0 Å². The number of fused-ring (bicyclic) bond motifs is 2. The summed E-state index contributed by atoms with van der Waals surface area (Å²) in [5, 5.41) is 40.0. The maximum Gasteiger partial charge on any atom is 0.135 e. The number of hydrogen-bond acceptors (Lipinski definition) is 10. The number of aliphatic hydroxyl groups is 4. The van der Waals surface area contributed by atoms with Crippen LogP contribution in [-0.2, 0) is 28.5 Å². The molecule has 0 saturated carbocycles. The van der Waals surface area contributed by atoms with Crippen molar-refractivity contribution in [3.63, 3.8) is 0 Å². The zero-order valence-corrected chi connectivity index (χ0v) is 19.5. The summed E-state index contributed by atoms with van der Waals surface area (Å²) in [7, 11) is 1.56. The van der Waals surface area contributed by atoms with Gasteiger partial charge in [-0.05, 0) is 26.7 Å². The summed E-state index contributed by atoms with van der Waals surface area (Å²) in [6.07, 6.45) is -4.46. The molecule has 0 aliphatic carbocycles. The Kier molecular flexibility index (Phi) is 8.09. The Hall–Kier alpha value is -0.690. The number of ketones is 1. The molecule has 0 radical (unpaired) electrons. The SMILES string of the molecule is CO[C@@H]1[C@@H](CC(=O)C[C@H]2CC[C@@H]3O[C@H]4[C@@H](O)[C@H](C)O[C@H]4[C@@H](O)[C@H]3O2)[C@H](C)O[C@@H]1C[C@H](O)CO. The maximum absolute atomic E-state index is 12.9. The number of Topliss-reactive ketones (excluding diaryl/α,β-unsaturated/α-hetero) is 1. The van der Waals surface area contributed by atoms with Gasteiger partial charge >= 0.3 is 0 Å². The van der Waals surface area contributed by atoms with Crippen LogP contribution in [0.5, 0.6) is 0 Å². The highest BCUT2D eigenvalue weighted by atomic mass is 16.6. The first-order valence-corrected chi connectivity index (χ1v) is 12.0. The van der Waals surface area contributed by atoms with Crippen LogP contribution in [0.2, 0.25) is 0 Å². The second-order valence-corrected chi connectivity index (χ2v) is 9.99. The van der Waals surface area contributed by atoms with Crippen molar-refractivity contribution in [1.29, 1.82) is 0 Å². The van der Waals surface area contributed by atoms with Crippen LogP contribution in [0.25, 0.3) is 0 Å². The van der Waals surface area contributed by atoms with Gasteiger partial charge in [-0.2, -0.15) is 0 Å². The van der Waals surface area contributed by atoms with Crippen LogP contribution in [0, 0.1) is 5.92 Å². The minimum absolute atomic E-state index is 0.0227. The molecule has 4 aliphatic rings. The summed E-state index contributed by atoms with van der Waals surface area (Å²) in [6, 6.07) is 0. The van der Waals surface area contributed by atoms with Crippen LogP contribution in [0.3, 0.4) is 0 Å². The summed E-state index contributed by atoms with van der Waals surface area (Å²) in [5.41, 5.74) is 0. The van der Waals surface area contributed by atoms with Crippen LogP contribution in [-0.4, -0.2) is 113 Å². The van der Waals surface area contributed by atoms with Gasteiger partial charge in [0.05, 0.1) is 49.3 Å². The van der Waals surface area contributed by atoms with Crippen LogP contribution >= 0.6 is 0 Å². The van der Waals surface area contributed by atoms with Crippen molar-refractivity contribution in [1.82, 2.24) is 0 Å². The first-order valence-electron chi connectivity index (χ1n) is 12.0. The molecular formula is C23H38O10. The third-order valence-electron chi connectivity index (χ3n) is 7.69. The van der Waals surface area contributed by atoms with Gasteiger partial charge in [0.2, 0.25) is 0 Å². The molecule has 0 aromatic heterocycles. The Morgan fingerprint density at radius 2 is 1.70 bits per heavy atom. The Balaban J connectivity index is 1.31. The molecule has 0 bridgehead atoms. The topological polar surface area (TPSA) is 144 Å². The molecule has 4 aliphatic heterocycles. The highest BCUT2D eigenvalue weighted by molar-refractivity contribution is 5.79. The molecule has 0 amide bonds. The molecule has 4 heterocycles. The Morgan fingerprint density at radius 3 is 2.39 bits per heavy atom. The third-order valence-corrected chi connectivity index (χ3v) is 7.69. The van der Waals surface area contributed by atoms with E-state index in [1.165, 1.54) is 0 Å². The zero-order chi connectivity index (χ0) is 23.9. The van der Waals surface area contributed by atoms with Crippen molar-refractivity contribution < 1.29 is 48.9 Å². The average Bonchev–Trinajstić information content (AvgIpc) is 3.24. The number of aliphatic hydroxyl groups excluding tert-OH is 4. The number of methoxy groups -OCH3 is 1. The number of rotatable bonds is 8. The van der Waals surface area contributed by atoms with Crippen molar-refractivity contribution in [2.24, 2.45) is 5.92 Å². The van der Waals surface area contributed by atoms with Gasteiger partial charge in [-0.3, -0.25) is 4.79 Å². The van der Waals surface area contributed by atoms with E-state index in [1.807, 2.05) is 6.92 Å². The van der Waals surface area contributed by atoms with E-state index >= 15 is 0 Å². The van der Waals surface area contributed by atoms with Crippen molar-refractivity contribution in [2.75, 3.05) is 13.7 Å². The van der Waals surface area contributed by atoms with Crippen LogP contribution < -0.4 is 0 Å². The molecule has 190 valence electrons. The molecule has 33 heavy (non-hydrogen) atoms. The van der Waals surface area contributed by atoms with Gasteiger partial charge in [0.15, 0.2) is 0 Å². The lowest BCUT2D eigenvalue weighted by atomic mass is 9.86. The van der Waals surface area contributed by atoms with Gasteiger partial charge in [0, 0.05) is 32.3 Å². The summed E-state index contributed by atoms with van der Waals surface area (Å²) in [5.74, 6) is -0.136. The fourth-order valence-electron chi connectivity index (χ4n) is 5.92. The van der Waals surface area contributed by atoms with Crippen LogP contribution in [0.4, 0.5) is 0 Å². The first kappa shape index (κ1) is 25.4. The van der Waals surface area contributed by atoms with E-state index in [0.29, 0.717) is 12.8 Å². The standard InChI is InChI=1S/C23H38O10/c1-10-15(20(29-3)17(30-10)8-13(26)9-24)7-12(25)6-14-4-5-16-21(32-14)19(28)23-22(33-16)18(27)11(2)31-23/h10-11,13-24,26-28H,4-9H2,1-3H3/t10-,11-,13-,14+,15-,16-,17+,18-,19-,20+,21-,22-,23-/m0/s1. The lowest BCUT2D eigenvalue weighted by molar-refractivity contribution is -0.258. The normalized spacial score (nSPS) is 48.3. The fraction of sp³-hybridized carbons (Fsp3) is 0.957.